The van der Waals surface area contributed by atoms with E-state index < -0.39 is 0 Å². The van der Waals surface area contributed by atoms with Gasteiger partial charge in [0.15, 0.2) is 0 Å². The zero-order chi connectivity index (χ0) is 11.4. The second kappa shape index (κ2) is 5.42. The van der Waals surface area contributed by atoms with Crippen molar-refractivity contribution >= 4 is 39.4 Å². The number of nitrogens with zero attached hydrogens (tertiary/aromatic N) is 2. The highest BCUT2D eigenvalue weighted by atomic mass is 79.9. The predicted octanol–water partition coefficient (Wildman–Crippen LogP) is 2.49. The molecule has 0 saturated carbocycles. The first-order valence-corrected chi connectivity index (χ1v) is 5.73. The molecule has 1 aromatic rings. The number of nitrogens with one attached hydrogen (secondary N) is 1. The van der Waals surface area contributed by atoms with E-state index in [9.17, 15) is 4.79 Å². The molecule has 1 aromatic heterocycles. The van der Waals surface area contributed by atoms with Gasteiger partial charge >= 0.3 is 0 Å². The molecule has 82 valence electrons. The molecule has 1 heterocycles. The molecule has 0 bridgehead atoms. The van der Waals surface area contributed by atoms with Gasteiger partial charge in [0.05, 0.1) is 4.83 Å². The fourth-order valence-electron chi connectivity index (χ4n) is 0.879. The summed E-state index contributed by atoms with van der Waals surface area (Å²) in [6, 6.07) is 1.55. The Bertz CT molecular complexity index is 359. The van der Waals surface area contributed by atoms with E-state index in [1.807, 2.05) is 13.8 Å². The van der Waals surface area contributed by atoms with E-state index in [2.05, 4.69) is 31.2 Å². The molecule has 0 aromatic carbocycles. The van der Waals surface area contributed by atoms with Crippen molar-refractivity contribution in [3.8, 4) is 0 Å². The number of anilines is 1. The predicted molar refractivity (Wildman–Crippen MR) is 63.2 cm³/mol. The number of hydrogen-bond acceptors (Lipinski definition) is 3. The molecule has 0 aliphatic carbocycles. The molecule has 0 aliphatic heterocycles. The smallest absolute Gasteiger partial charge is 0.240 e. The Morgan fingerprint density at radius 3 is 2.80 bits per heavy atom. The molecule has 6 heteroatoms. The summed E-state index contributed by atoms with van der Waals surface area (Å²) in [5, 5.41) is 2.87. The zero-order valence-electron chi connectivity index (χ0n) is 8.37. The summed E-state index contributed by atoms with van der Waals surface area (Å²) in [4.78, 5) is 19.0. The minimum Gasteiger partial charge on any atom is -0.293 e. The lowest BCUT2D eigenvalue weighted by Crippen LogP contribution is -2.27. The average molecular weight is 293 g/mol. The van der Waals surface area contributed by atoms with Gasteiger partial charge in [0.2, 0.25) is 11.9 Å². The van der Waals surface area contributed by atoms with Crippen molar-refractivity contribution in [3.63, 3.8) is 0 Å². The summed E-state index contributed by atoms with van der Waals surface area (Å²) in [6.45, 7) is 3.88. The van der Waals surface area contributed by atoms with Crippen molar-refractivity contribution < 1.29 is 4.79 Å². The van der Waals surface area contributed by atoms with Crippen LogP contribution in [-0.2, 0) is 4.79 Å². The molecule has 15 heavy (non-hydrogen) atoms. The highest BCUT2D eigenvalue weighted by Gasteiger charge is 2.19. The summed E-state index contributed by atoms with van der Waals surface area (Å²) >= 11 is 8.94. The molecule has 0 saturated heterocycles. The van der Waals surface area contributed by atoms with Crippen LogP contribution in [0, 0.1) is 5.92 Å². The number of carbonyl (C=O) groups is 1. The van der Waals surface area contributed by atoms with Crippen LogP contribution in [0.2, 0.25) is 5.15 Å². The molecule has 4 nitrogen and oxygen atoms in total. The zero-order valence-corrected chi connectivity index (χ0v) is 10.7. The quantitative estimate of drug-likeness (QED) is 0.688. The van der Waals surface area contributed by atoms with Crippen molar-refractivity contribution in [2.45, 2.75) is 18.7 Å². The monoisotopic (exact) mass is 291 g/mol. The standard InChI is InChI=1S/C9H11BrClN3O/c1-5(2)7(10)8(15)14-9-12-4-3-6(11)13-9/h3-5,7H,1-2H3,(H,12,13,14,15). The van der Waals surface area contributed by atoms with Crippen LogP contribution < -0.4 is 5.32 Å². The molecule has 1 amide bonds. The van der Waals surface area contributed by atoms with E-state index >= 15 is 0 Å². The largest absolute Gasteiger partial charge is 0.293 e. The summed E-state index contributed by atoms with van der Waals surface area (Å²) in [5.41, 5.74) is 0. The maximum Gasteiger partial charge on any atom is 0.240 e. The SMILES string of the molecule is CC(C)C(Br)C(=O)Nc1nccc(Cl)n1. The Morgan fingerprint density at radius 1 is 1.60 bits per heavy atom. The molecular weight excluding hydrogens is 281 g/mol. The third-order valence-corrected chi connectivity index (χ3v) is 3.38. The van der Waals surface area contributed by atoms with Crippen molar-refractivity contribution in [3.05, 3.63) is 17.4 Å². The summed E-state index contributed by atoms with van der Waals surface area (Å²) in [6.07, 6.45) is 1.49. The lowest BCUT2D eigenvalue weighted by Gasteiger charge is -2.12. The van der Waals surface area contributed by atoms with E-state index in [1.165, 1.54) is 6.20 Å². The van der Waals surface area contributed by atoms with Crippen LogP contribution in [-0.4, -0.2) is 20.7 Å². The van der Waals surface area contributed by atoms with Gasteiger partial charge in [-0.05, 0) is 12.0 Å². The van der Waals surface area contributed by atoms with Crippen molar-refractivity contribution in [2.24, 2.45) is 5.92 Å². The fraction of sp³-hybridized carbons (Fsp3) is 0.444. The van der Waals surface area contributed by atoms with Gasteiger partial charge in [-0.15, -0.1) is 0 Å². The number of halogens is 2. The Hall–Kier alpha value is -0.680. The van der Waals surface area contributed by atoms with Crippen LogP contribution in [0.5, 0.6) is 0 Å². The van der Waals surface area contributed by atoms with E-state index in [1.54, 1.807) is 6.07 Å². The first kappa shape index (κ1) is 12.4. The van der Waals surface area contributed by atoms with E-state index in [-0.39, 0.29) is 22.6 Å². The van der Waals surface area contributed by atoms with Crippen LogP contribution >= 0.6 is 27.5 Å². The van der Waals surface area contributed by atoms with Gasteiger partial charge < -0.3 is 0 Å². The van der Waals surface area contributed by atoms with E-state index in [4.69, 9.17) is 11.6 Å². The summed E-state index contributed by atoms with van der Waals surface area (Å²) in [5.74, 6) is 0.244. The summed E-state index contributed by atoms with van der Waals surface area (Å²) < 4.78 is 0. The normalized spacial score (nSPS) is 12.6. The first-order valence-electron chi connectivity index (χ1n) is 4.44. The molecule has 0 aliphatic rings. The number of aromatic nitrogens is 2. The van der Waals surface area contributed by atoms with Crippen molar-refractivity contribution in [1.29, 1.82) is 0 Å². The lowest BCUT2D eigenvalue weighted by atomic mass is 10.1. The van der Waals surface area contributed by atoms with Crippen LogP contribution in [0.1, 0.15) is 13.8 Å². The highest BCUT2D eigenvalue weighted by molar-refractivity contribution is 9.10. The van der Waals surface area contributed by atoms with Crippen LogP contribution in [0.3, 0.4) is 0 Å². The number of rotatable bonds is 3. The van der Waals surface area contributed by atoms with Gasteiger partial charge in [0, 0.05) is 6.20 Å². The van der Waals surface area contributed by atoms with Crippen molar-refractivity contribution in [1.82, 2.24) is 9.97 Å². The average Bonchev–Trinajstić information content (AvgIpc) is 2.16. The Kier molecular flexibility index (Phi) is 4.47. The Labute approximate surface area is 102 Å². The van der Waals surface area contributed by atoms with Gasteiger partial charge in [0.1, 0.15) is 5.15 Å². The number of carbonyl (C=O) groups excluding carboxylic acids is 1. The molecule has 0 spiro atoms. The third-order valence-electron chi connectivity index (χ3n) is 1.69. The molecule has 1 unspecified atom stereocenters. The van der Waals surface area contributed by atoms with Gasteiger partial charge in [-0.1, -0.05) is 41.4 Å². The van der Waals surface area contributed by atoms with Gasteiger partial charge in [-0.3, -0.25) is 10.1 Å². The minimum absolute atomic E-state index is 0.174. The van der Waals surface area contributed by atoms with Gasteiger partial charge in [-0.25, -0.2) is 9.97 Å². The fourth-order valence-corrected chi connectivity index (χ4v) is 1.13. The summed E-state index contributed by atoms with van der Waals surface area (Å²) in [7, 11) is 0. The number of hydrogen-bond donors (Lipinski definition) is 1. The molecule has 1 N–H and O–H groups in total. The molecule has 1 rings (SSSR count). The topological polar surface area (TPSA) is 54.9 Å². The van der Waals surface area contributed by atoms with E-state index in [0.29, 0.717) is 5.15 Å². The van der Waals surface area contributed by atoms with E-state index in [0.717, 1.165) is 0 Å². The maximum absolute atomic E-state index is 11.6. The molecule has 1 atom stereocenters. The lowest BCUT2D eigenvalue weighted by molar-refractivity contribution is -0.116. The van der Waals surface area contributed by atoms with Gasteiger partial charge in [-0.2, -0.15) is 0 Å². The number of amides is 1. The Balaban J connectivity index is 2.66. The van der Waals surface area contributed by atoms with Gasteiger partial charge in [0.25, 0.3) is 0 Å². The second-order valence-corrected chi connectivity index (χ2v) is 4.71. The highest BCUT2D eigenvalue weighted by Crippen LogP contribution is 2.14. The first-order chi connectivity index (χ1) is 7.00. The van der Waals surface area contributed by atoms with Crippen LogP contribution in [0.4, 0.5) is 5.95 Å². The minimum atomic E-state index is -0.264. The van der Waals surface area contributed by atoms with Crippen LogP contribution in [0.15, 0.2) is 12.3 Å². The third kappa shape index (κ3) is 3.76. The van der Waals surface area contributed by atoms with Crippen molar-refractivity contribution in [2.75, 3.05) is 5.32 Å². The molecule has 0 fully saturated rings. The maximum atomic E-state index is 11.6. The number of alkyl halides is 1. The molecule has 0 radical (unpaired) electrons. The Morgan fingerprint density at radius 2 is 2.27 bits per heavy atom. The second-order valence-electron chi connectivity index (χ2n) is 3.34. The molecular formula is C9H11BrClN3O. The van der Waals surface area contributed by atoms with Crippen LogP contribution in [0.25, 0.3) is 0 Å².